The van der Waals surface area contributed by atoms with E-state index in [1.165, 1.54) is 41.9 Å². The third kappa shape index (κ3) is 15.8. The SMILES string of the molecule is C/C=C1\NC(=O)[C@@H](NC(=O)[C@H](CCC(N)=O)NC(=O)CCCCC)[C@@H](C)O[C@@H](O)[C@H](C(C)C)N[C@H](O)[C@H](Cc2ccc(O)cc2)N(C)[C@@H](O)[C@H](Cc2ccccc2)N2[C@H](O)CC[C@H](NC1=O)[C@@H]2O. The van der Waals surface area contributed by atoms with E-state index in [2.05, 4.69) is 26.6 Å². The first-order chi connectivity index (χ1) is 32.2. The standard InChI is InChI=1S/C48H74N8O12/c1-7-9-11-16-38(59)50-33(21-23-37(49)58)43(62)54-41-28(5)68-48(67)40(27(3)4)53-44(63)35(25-30-17-19-31(57)20-18-30)55(6)47(66)36(26-29-14-12-10-13-15-29)56-39(60)24-22-34(46(56)65)52-42(61)32(8-2)51-45(41)64/h8,10,12-15,17-20,27-28,33-36,39-41,44,46-48,53,57,60,63,65-67H,7,9,11,16,21-26H2,1-6H3,(H2,49,58)(H,50,59)(H,51,64)(H,52,61)(H,54,62)/b32-8-/t28-,33+,34+,35+,36+,39-,40+,41+,44-,46+,47+,48-/m1/s1. The van der Waals surface area contributed by atoms with Crippen molar-refractivity contribution >= 4 is 29.5 Å². The average molecular weight is 955 g/mol. The number of carbonyl (C=O) groups is 5. The summed E-state index contributed by atoms with van der Waals surface area (Å²) in [5.74, 6) is -4.36. The highest BCUT2D eigenvalue weighted by Gasteiger charge is 2.46. The molecule has 378 valence electrons. The lowest BCUT2D eigenvalue weighted by Crippen LogP contribution is -2.67. The first-order valence-electron chi connectivity index (χ1n) is 23.5. The van der Waals surface area contributed by atoms with Crippen LogP contribution in [0.5, 0.6) is 5.75 Å². The van der Waals surface area contributed by atoms with Crippen LogP contribution in [-0.2, 0) is 41.6 Å². The number of fused-ring (bicyclic) bond motifs is 2. The largest absolute Gasteiger partial charge is 0.508 e. The van der Waals surface area contributed by atoms with Crippen molar-refractivity contribution in [2.45, 2.75) is 172 Å². The Balaban J connectivity index is 1.82. The molecular formula is C48H74N8O12. The van der Waals surface area contributed by atoms with E-state index in [-0.39, 0.29) is 56.4 Å². The van der Waals surface area contributed by atoms with Gasteiger partial charge in [0, 0.05) is 12.8 Å². The van der Waals surface area contributed by atoms with Crippen LogP contribution in [0, 0.1) is 5.92 Å². The lowest BCUT2D eigenvalue weighted by molar-refractivity contribution is -0.204. The fourth-order valence-electron chi connectivity index (χ4n) is 8.63. The Labute approximate surface area is 398 Å². The lowest BCUT2D eigenvalue weighted by atomic mass is 9.94. The van der Waals surface area contributed by atoms with Crippen LogP contribution < -0.4 is 32.3 Å². The minimum absolute atomic E-state index is 0.00583. The van der Waals surface area contributed by atoms with Gasteiger partial charge in [-0.2, -0.15) is 0 Å². The number of carbonyl (C=O) groups excluding carboxylic acids is 5. The molecule has 5 amide bonds. The third-order valence-electron chi connectivity index (χ3n) is 12.7. The van der Waals surface area contributed by atoms with Crippen LogP contribution in [0.1, 0.15) is 97.1 Å². The molecule has 20 nitrogen and oxygen atoms in total. The summed E-state index contributed by atoms with van der Waals surface area (Å²) < 4.78 is 6.09. The van der Waals surface area contributed by atoms with Gasteiger partial charge in [0.15, 0.2) is 6.29 Å². The number of piperidine rings is 1. The van der Waals surface area contributed by atoms with Crippen molar-refractivity contribution in [2.24, 2.45) is 11.7 Å². The van der Waals surface area contributed by atoms with E-state index >= 15 is 0 Å². The Kier molecular flexibility index (Phi) is 21.8. The zero-order valence-corrected chi connectivity index (χ0v) is 40.0. The van der Waals surface area contributed by atoms with Gasteiger partial charge in [0.05, 0.1) is 30.3 Å². The summed E-state index contributed by atoms with van der Waals surface area (Å²) in [6.07, 6.45) is -5.77. The van der Waals surface area contributed by atoms with Crippen LogP contribution in [0.4, 0.5) is 0 Å². The molecule has 1 unspecified atom stereocenters. The molecule has 2 aliphatic rings. The van der Waals surface area contributed by atoms with Crippen LogP contribution >= 0.6 is 0 Å². The summed E-state index contributed by atoms with van der Waals surface area (Å²) in [5.41, 5.74) is 6.51. The number of nitrogens with two attached hydrogens (primary N) is 1. The van der Waals surface area contributed by atoms with E-state index in [1.807, 2.05) is 25.1 Å². The zero-order chi connectivity index (χ0) is 50.2. The van der Waals surface area contributed by atoms with Crippen molar-refractivity contribution in [1.29, 1.82) is 0 Å². The Morgan fingerprint density at radius 1 is 0.912 bits per heavy atom. The number of aliphatic hydroxyl groups is 5. The second kappa shape index (κ2) is 26.7. The number of unbranched alkanes of at least 4 members (excludes halogenated alkanes) is 2. The van der Waals surface area contributed by atoms with Crippen LogP contribution in [-0.4, -0.2) is 151 Å². The second-order valence-electron chi connectivity index (χ2n) is 18.1. The van der Waals surface area contributed by atoms with Crippen LogP contribution in [0.25, 0.3) is 0 Å². The Morgan fingerprint density at radius 3 is 2.18 bits per heavy atom. The topological polar surface area (TPSA) is 309 Å². The fraction of sp³-hybridized carbons (Fsp3) is 0.604. The number of phenolic OH excluding ortho intramolecular Hbond substituents is 1. The summed E-state index contributed by atoms with van der Waals surface area (Å²) >= 11 is 0. The van der Waals surface area contributed by atoms with E-state index < -0.39 is 109 Å². The molecular weight excluding hydrogens is 881 g/mol. The molecule has 0 aromatic heterocycles. The second-order valence-corrected chi connectivity index (χ2v) is 18.1. The predicted molar refractivity (Wildman–Crippen MR) is 251 cm³/mol. The van der Waals surface area contributed by atoms with Crippen molar-refractivity contribution in [3.05, 3.63) is 77.5 Å². The molecule has 2 aromatic carbocycles. The molecule has 4 rings (SSSR count). The normalized spacial score (nSPS) is 30.3. The molecule has 0 radical (unpaired) electrons. The van der Waals surface area contributed by atoms with E-state index in [0.717, 1.165) is 18.4 Å². The van der Waals surface area contributed by atoms with Gasteiger partial charge in [0.1, 0.15) is 48.4 Å². The van der Waals surface area contributed by atoms with Crippen molar-refractivity contribution in [3.8, 4) is 5.75 Å². The average Bonchev–Trinajstić information content (AvgIpc) is 3.29. The summed E-state index contributed by atoms with van der Waals surface area (Å²) in [6.45, 7) is 8.32. The quantitative estimate of drug-likeness (QED) is 0.0819. The first kappa shape index (κ1) is 55.6. The van der Waals surface area contributed by atoms with Crippen molar-refractivity contribution in [2.75, 3.05) is 7.05 Å². The van der Waals surface area contributed by atoms with E-state index in [9.17, 15) is 54.6 Å². The Morgan fingerprint density at radius 2 is 1.56 bits per heavy atom. The Hall–Kier alpha value is -5.03. The molecule has 2 aromatic rings. The van der Waals surface area contributed by atoms with Gasteiger partial charge in [0.25, 0.3) is 5.91 Å². The number of rotatable bonds is 15. The number of amides is 5. The number of nitrogens with one attached hydrogen (secondary N) is 5. The van der Waals surface area contributed by atoms with Gasteiger partial charge in [-0.25, -0.2) is 4.90 Å². The number of aromatic hydroxyl groups is 1. The van der Waals surface area contributed by atoms with Crippen molar-refractivity contribution < 1.29 is 59.3 Å². The van der Waals surface area contributed by atoms with Crippen LogP contribution in [0.2, 0.25) is 0 Å². The monoisotopic (exact) mass is 955 g/mol. The molecule has 20 heteroatoms. The van der Waals surface area contributed by atoms with E-state index in [1.54, 1.807) is 45.2 Å². The van der Waals surface area contributed by atoms with Crippen LogP contribution in [0.15, 0.2) is 66.4 Å². The maximum atomic E-state index is 14.4. The molecule has 68 heavy (non-hydrogen) atoms. The van der Waals surface area contributed by atoms with Gasteiger partial charge >= 0.3 is 0 Å². The lowest BCUT2D eigenvalue weighted by Gasteiger charge is -2.49. The van der Waals surface area contributed by atoms with Gasteiger partial charge in [-0.1, -0.05) is 82.2 Å². The highest BCUT2D eigenvalue weighted by molar-refractivity contribution is 6.00. The molecule has 2 saturated heterocycles. The summed E-state index contributed by atoms with van der Waals surface area (Å²) in [4.78, 5) is 70.0. The molecule has 0 saturated carbocycles. The number of benzene rings is 2. The number of nitrogens with zero attached hydrogens (tertiary/aromatic N) is 2. The molecule has 2 heterocycles. The smallest absolute Gasteiger partial charge is 0.267 e. The minimum Gasteiger partial charge on any atom is -0.508 e. The summed E-state index contributed by atoms with van der Waals surface area (Å²) in [5, 5.41) is 83.9. The molecule has 2 bridgehead atoms. The maximum Gasteiger partial charge on any atom is 0.267 e. The molecule has 2 aliphatic heterocycles. The number of allylic oxidation sites excluding steroid dienone is 1. The highest BCUT2D eigenvalue weighted by atomic mass is 16.6. The fourth-order valence-corrected chi connectivity index (χ4v) is 8.63. The summed E-state index contributed by atoms with van der Waals surface area (Å²) in [6, 6.07) is 8.13. The van der Waals surface area contributed by atoms with Crippen LogP contribution in [0.3, 0.4) is 0 Å². The number of phenols is 1. The van der Waals surface area contributed by atoms with Gasteiger partial charge in [-0.05, 0) is 88.6 Å². The van der Waals surface area contributed by atoms with Crippen molar-refractivity contribution in [1.82, 2.24) is 36.4 Å². The molecule has 0 aliphatic carbocycles. The number of hydrogen-bond donors (Lipinski definition) is 12. The number of hydrogen-bond acceptors (Lipinski definition) is 15. The number of primary amides is 1. The van der Waals surface area contributed by atoms with Gasteiger partial charge in [-0.15, -0.1) is 0 Å². The predicted octanol–water partition coefficient (Wildman–Crippen LogP) is -0.113. The van der Waals surface area contributed by atoms with E-state index in [4.69, 9.17) is 10.5 Å². The number of likely N-dealkylation sites (N-methyl/N-ethyl adjacent to an activating group) is 1. The minimum atomic E-state index is -1.78. The number of ether oxygens (including phenoxy) is 1. The number of aliphatic hydroxyl groups excluding tert-OH is 5. The first-order valence-corrected chi connectivity index (χ1v) is 23.5. The van der Waals surface area contributed by atoms with Crippen molar-refractivity contribution in [3.63, 3.8) is 0 Å². The molecule has 0 spiro atoms. The molecule has 13 N–H and O–H groups in total. The molecule has 13 atom stereocenters. The van der Waals surface area contributed by atoms with Gasteiger partial charge in [-0.3, -0.25) is 34.2 Å². The third-order valence-corrected chi connectivity index (χ3v) is 12.7. The molecule has 2 fully saturated rings. The van der Waals surface area contributed by atoms with Gasteiger partial charge < -0.3 is 62.4 Å². The maximum absolute atomic E-state index is 14.4. The zero-order valence-electron chi connectivity index (χ0n) is 40.0. The van der Waals surface area contributed by atoms with Gasteiger partial charge in [0.2, 0.25) is 23.6 Å². The summed E-state index contributed by atoms with van der Waals surface area (Å²) in [7, 11) is 1.57. The highest BCUT2D eigenvalue weighted by Crippen LogP contribution is 2.29. The van der Waals surface area contributed by atoms with E-state index in [0.29, 0.717) is 12.0 Å². The Bertz CT molecular complexity index is 1980.